The predicted molar refractivity (Wildman–Crippen MR) is 109 cm³/mol. The summed E-state index contributed by atoms with van der Waals surface area (Å²) >= 11 is 0. The third kappa shape index (κ3) is 3.81. The van der Waals surface area contributed by atoms with Crippen LogP contribution in [0.15, 0.2) is 33.7 Å². The van der Waals surface area contributed by atoms with Gasteiger partial charge in [0.25, 0.3) is 0 Å². The molecule has 2 aliphatic rings. The molecule has 7 nitrogen and oxygen atoms in total. The number of hydrogen-bond acceptors (Lipinski definition) is 6. The van der Waals surface area contributed by atoms with Crippen LogP contribution in [0.3, 0.4) is 0 Å². The Morgan fingerprint density at radius 3 is 2.55 bits per heavy atom. The molecule has 0 radical (unpaired) electrons. The van der Waals surface area contributed by atoms with Gasteiger partial charge in [-0.05, 0) is 43.2 Å². The second-order valence-electron chi connectivity index (χ2n) is 7.77. The summed E-state index contributed by atoms with van der Waals surface area (Å²) in [4.78, 5) is 16.2. The van der Waals surface area contributed by atoms with Crippen LogP contribution < -0.4 is 0 Å². The van der Waals surface area contributed by atoms with Crippen molar-refractivity contribution in [2.75, 3.05) is 20.2 Å². The largest absolute Gasteiger partial charge is 0.469 e. The Balaban J connectivity index is 0.00000240. The van der Waals surface area contributed by atoms with Crippen molar-refractivity contribution in [3.63, 3.8) is 0 Å². The van der Waals surface area contributed by atoms with E-state index in [4.69, 9.17) is 9.15 Å². The highest BCUT2D eigenvalue weighted by atomic mass is 35.5. The summed E-state index contributed by atoms with van der Waals surface area (Å²) in [6.45, 7) is 4.38. The Morgan fingerprint density at radius 1 is 1.28 bits per heavy atom. The number of carbonyl (C=O) groups is 1. The SMILES string of the molecule is COC(=O)C1CC12CCN(S(=O)(=O)c1cc(-c3cnc(C)o3)ccc1C)CC2.Cl. The van der Waals surface area contributed by atoms with Crippen molar-refractivity contribution in [1.29, 1.82) is 0 Å². The first-order chi connectivity index (χ1) is 13.3. The fraction of sp³-hybridized carbons (Fsp3) is 0.500. The zero-order valence-corrected chi connectivity index (χ0v) is 18.3. The molecule has 1 aromatic heterocycles. The molecule has 0 amide bonds. The van der Waals surface area contributed by atoms with Crippen LogP contribution in [-0.4, -0.2) is 43.9 Å². The van der Waals surface area contributed by atoms with E-state index in [-0.39, 0.29) is 34.6 Å². The lowest BCUT2D eigenvalue weighted by molar-refractivity contribution is -0.143. The van der Waals surface area contributed by atoms with Gasteiger partial charge in [0.2, 0.25) is 10.0 Å². The smallest absolute Gasteiger partial charge is 0.309 e. The van der Waals surface area contributed by atoms with Crippen molar-refractivity contribution in [3.8, 4) is 11.3 Å². The fourth-order valence-electron chi connectivity index (χ4n) is 4.21. The molecule has 2 aromatic rings. The molecule has 1 aliphatic heterocycles. The fourth-order valence-corrected chi connectivity index (χ4v) is 5.91. The Kier molecular flexibility index (Phi) is 5.82. The number of esters is 1. The Labute approximate surface area is 176 Å². The lowest BCUT2D eigenvalue weighted by Crippen LogP contribution is -2.40. The van der Waals surface area contributed by atoms with Crippen molar-refractivity contribution < 1.29 is 22.4 Å². The Bertz CT molecular complexity index is 1030. The predicted octanol–water partition coefficient (Wildman–Crippen LogP) is 3.34. The average Bonchev–Trinajstić information content (AvgIpc) is 3.19. The molecule has 1 aromatic carbocycles. The van der Waals surface area contributed by atoms with Crippen LogP contribution in [0.2, 0.25) is 0 Å². The van der Waals surface area contributed by atoms with Gasteiger partial charge in [-0.25, -0.2) is 13.4 Å². The number of benzene rings is 1. The number of halogens is 1. The van der Waals surface area contributed by atoms with E-state index in [2.05, 4.69) is 4.98 Å². The Morgan fingerprint density at radius 2 is 1.97 bits per heavy atom. The van der Waals surface area contributed by atoms with E-state index >= 15 is 0 Å². The van der Waals surface area contributed by atoms with Gasteiger partial charge in [-0.1, -0.05) is 12.1 Å². The van der Waals surface area contributed by atoms with Gasteiger partial charge >= 0.3 is 5.97 Å². The molecular formula is C20H25ClN2O5S. The summed E-state index contributed by atoms with van der Waals surface area (Å²) in [6, 6.07) is 5.29. The molecule has 2 fully saturated rings. The molecule has 0 N–H and O–H groups in total. The second kappa shape index (κ2) is 7.74. The minimum atomic E-state index is -3.63. The van der Waals surface area contributed by atoms with Gasteiger partial charge in [-0.15, -0.1) is 12.4 Å². The van der Waals surface area contributed by atoms with Crippen LogP contribution in [0, 0.1) is 25.2 Å². The van der Waals surface area contributed by atoms with Crippen molar-refractivity contribution in [1.82, 2.24) is 9.29 Å². The summed E-state index contributed by atoms with van der Waals surface area (Å²) < 4.78 is 38.5. The quantitative estimate of drug-likeness (QED) is 0.677. The number of rotatable bonds is 4. The van der Waals surface area contributed by atoms with E-state index in [0.29, 0.717) is 48.7 Å². The minimum absolute atomic E-state index is 0. The first-order valence-electron chi connectivity index (χ1n) is 9.38. The number of ether oxygens (including phenoxy) is 1. The molecule has 0 bridgehead atoms. The average molecular weight is 441 g/mol. The van der Waals surface area contributed by atoms with Gasteiger partial charge < -0.3 is 9.15 Å². The summed E-state index contributed by atoms with van der Waals surface area (Å²) in [6.07, 6.45) is 3.77. The molecular weight excluding hydrogens is 416 g/mol. The van der Waals surface area contributed by atoms with Crippen LogP contribution >= 0.6 is 12.4 Å². The monoisotopic (exact) mass is 440 g/mol. The van der Waals surface area contributed by atoms with Crippen molar-refractivity contribution in [2.45, 2.75) is 38.0 Å². The van der Waals surface area contributed by atoms with E-state index in [0.717, 1.165) is 6.42 Å². The zero-order chi connectivity index (χ0) is 20.1. The third-order valence-electron chi connectivity index (χ3n) is 6.11. The minimum Gasteiger partial charge on any atom is -0.469 e. The highest BCUT2D eigenvalue weighted by Crippen LogP contribution is 2.60. The summed E-state index contributed by atoms with van der Waals surface area (Å²) in [7, 11) is -2.22. The van der Waals surface area contributed by atoms with Crippen molar-refractivity contribution >= 4 is 28.4 Å². The maximum atomic E-state index is 13.3. The molecule has 4 rings (SSSR count). The molecule has 1 saturated carbocycles. The van der Waals surface area contributed by atoms with E-state index in [1.165, 1.54) is 11.4 Å². The molecule has 29 heavy (non-hydrogen) atoms. The highest BCUT2D eigenvalue weighted by Gasteiger charge is 2.60. The van der Waals surface area contributed by atoms with Gasteiger partial charge in [0.05, 0.1) is 24.1 Å². The third-order valence-corrected chi connectivity index (χ3v) is 8.15. The van der Waals surface area contributed by atoms with Gasteiger partial charge in [0.1, 0.15) is 0 Å². The van der Waals surface area contributed by atoms with Crippen molar-refractivity contribution in [3.05, 3.63) is 35.9 Å². The number of aromatic nitrogens is 1. The maximum Gasteiger partial charge on any atom is 0.309 e. The zero-order valence-electron chi connectivity index (χ0n) is 16.7. The van der Waals surface area contributed by atoms with E-state index in [9.17, 15) is 13.2 Å². The number of nitrogens with zero attached hydrogens (tertiary/aromatic N) is 2. The van der Waals surface area contributed by atoms with Gasteiger partial charge in [-0.2, -0.15) is 4.31 Å². The maximum absolute atomic E-state index is 13.3. The normalized spacial score (nSPS) is 20.9. The Hall–Kier alpha value is -1.90. The van der Waals surface area contributed by atoms with E-state index in [1.807, 2.05) is 6.07 Å². The number of oxazole rings is 1. The summed E-state index contributed by atoms with van der Waals surface area (Å²) in [5.74, 6) is 0.820. The molecule has 2 heterocycles. The lowest BCUT2D eigenvalue weighted by Gasteiger charge is -2.32. The van der Waals surface area contributed by atoms with Gasteiger partial charge in [-0.3, -0.25) is 4.79 Å². The molecule has 1 spiro atoms. The van der Waals surface area contributed by atoms with Gasteiger partial charge in [0, 0.05) is 25.6 Å². The number of carbonyl (C=O) groups excluding carboxylic acids is 1. The number of sulfonamides is 1. The number of aryl methyl sites for hydroxylation is 2. The van der Waals surface area contributed by atoms with Crippen LogP contribution in [0.4, 0.5) is 0 Å². The highest BCUT2D eigenvalue weighted by molar-refractivity contribution is 7.89. The topological polar surface area (TPSA) is 89.7 Å². The van der Waals surface area contributed by atoms with Crippen LogP contribution in [0.1, 0.15) is 30.7 Å². The molecule has 1 unspecified atom stereocenters. The first-order valence-corrected chi connectivity index (χ1v) is 10.8. The molecule has 1 atom stereocenters. The lowest BCUT2D eigenvalue weighted by atomic mass is 9.92. The van der Waals surface area contributed by atoms with Crippen LogP contribution in [0.25, 0.3) is 11.3 Å². The van der Waals surface area contributed by atoms with E-state index in [1.54, 1.807) is 32.2 Å². The number of methoxy groups -OCH3 is 1. The van der Waals surface area contributed by atoms with Crippen LogP contribution in [-0.2, 0) is 19.6 Å². The summed E-state index contributed by atoms with van der Waals surface area (Å²) in [5, 5.41) is 0. The van der Waals surface area contributed by atoms with Gasteiger partial charge in [0.15, 0.2) is 11.7 Å². The number of hydrogen-bond donors (Lipinski definition) is 0. The van der Waals surface area contributed by atoms with Crippen molar-refractivity contribution in [2.24, 2.45) is 11.3 Å². The molecule has 158 valence electrons. The first kappa shape index (κ1) is 21.8. The molecule has 1 saturated heterocycles. The molecule has 1 aliphatic carbocycles. The van der Waals surface area contributed by atoms with E-state index < -0.39 is 10.0 Å². The second-order valence-corrected chi connectivity index (χ2v) is 9.68. The number of piperidine rings is 1. The molecule has 9 heteroatoms. The standard InChI is InChI=1S/C20H24N2O5S.ClH/c1-13-4-5-15(17-12-21-14(2)27-17)10-18(13)28(24,25)22-8-6-20(7-9-22)11-16(20)19(23)26-3;/h4-5,10,12,16H,6-9,11H2,1-3H3;1H. The van der Waals surface area contributed by atoms with Crippen LogP contribution in [0.5, 0.6) is 0 Å². The summed E-state index contributed by atoms with van der Waals surface area (Å²) in [5.41, 5.74) is 1.30.